The third-order valence-electron chi connectivity index (χ3n) is 4.44. The maximum atomic E-state index is 13.1. The first-order valence-electron chi connectivity index (χ1n) is 8.88. The molecule has 1 atom stereocenters. The maximum Gasteiger partial charge on any atom is 0.270 e. The molecule has 0 aliphatic carbocycles. The van der Waals surface area contributed by atoms with Crippen molar-refractivity contribution >= 4 is 17.5 Å². The molecule has 0 saturated heterocycles. The van der Waals surface area contributed by atoms with E-state index in [2.05, 4.69) is 10.4 Å². The van der Waals surface area contributed by atoms with Gasteiger partial charge in [-0.25, -0.2) is 4.68 Å². The van der Waals surface area contributed by atoms with Gasteiger partial charge in [0.15, 0.2) is 5.76 Å². The Balaban J connectivity index is 1.72. The van der Waals surface area contributed by atoms with E-state index in [-0.39, 0.29) is 11.9 Å². The minimum atomic E-state index is -0.249. The normalized spacial score (nSPS) is 11.9. The van der Waals surface area contributed by atoms with Gasteiger partial charge in [0.25, 0.3) is 5.91 Å². The van der Waals surface area contributed by atoms with Crippen LogP contribution in [-0.4, -0.2) is 15.7 Å². The summed E-state index contributed by atoms with van der Waals surface area (Å²) >= 11 is 6.36. The summed E-state index contributed by atoms with van der Waals surface area (Å²) in [5, 5.41) is 8.09. The molecule has 0 radical (unpaired) electrons. The van der Waals surface area contributed by atoms with Crippen LogP contribution in [0, 0.1) is 0 Å². The van der Waals surface area contributed by atoms with Gasteiger partial charge >= 0.3 is 0 Å². The molecule has 2 aromatic carbocycles. The van der Waals surface area contributed by atoms with Crippen molar-refractivity contribution in [2.24, 2.45) is 0 Å². The van der Waals surface area contributed by atoms with E-state index in [4.69, 9.17) is 16.0 Å². The van der Waals surface area contributed by atoms with E-state index in [1.165, 1.54) is 0 Å². The minimum absolute atomic E-state index is 0.157. The smallest absolute Gasteiger partial charge is 0.270 e. The second-order valence-electron chi connectivity index (χ2n) is 6.36. The highest BCUT2D eigenvalue weighted by molar-refractivity contribution is 6.32. The molecule has 0 saturated carbocycles. The van der Waals surface area contributed by atoms with Crippen molar-refractivity contribution in [1.82, 2.24) is 15.1 Å². The maximum absolute atomic E-state index is 13.1. The number of furan rings is 1. The van der Waals surface area contributed by atoms with Crippen molar-refractivity contribution in [3.8, 4) is 17.1 Å². The minimum Gasteiger partial charge on any atom is -0.463 e. The first-order valence-corrected chi connectivity index (χ1v) is 9.26. The lowest BCUT2D eigenvalue weighted by Crippen LogP contribution is -2.28. The fraction of sp³-hybridized carbons (Fsp3) is 0.0909. The van der Waals surface area contributed by atoms with Gasteiger partial charge in [-0.05, 0) is 36.8 Å². The molecule has 2 aromatic heterocycles. The first kappa shape index (κ1) is 18.1. The number of hydrogen-bond acceptors (Lipinski definition) is 3. The van der Waals surface area contributed by atoms with E-state index in [1.54, 1.807) is 35.2 Å². The second kappa shape index (κ2) is 7.74. The van der Waals surface area contributed by atoms with Gasteiger partial charge in [-0.2, -0.15) is 5.10 Å². The van der Waals surface area contributed by atoms with Crippen molar-refractivity contribution in [3.63, 3.8) is 0 Å². The molecule has 6 heteroatoms. The Labute approximate surface area is 167 Å². The summed E-state index contributed by atoms with van der Waals surface area (Å²) in [5.74, 6) is 0.331. The summed E-state index contributed by atoms with van der Waals surface area (Å²) in [6, 6.07) is 22.2. The SMILES string of the molecule is CC(NC(=O)c1cc(-c2ccco2)nn1-c1ccccc1Cl)c1ccccc1. The predicted octanol–water partition coefficient (Wildman–Crippen LogP) is 5.28. The highest BCUT2D eigenvalue weighted by atomic mass is 35.5. The number of amides is 1. The van der Waals surface area contributed by atoms with Crippen molar-refractivity contribution in [2.45, 2.75) is 13.0 Å². The van der Waals surface area contributed by atoms with Crippen molar-refractivity contribution in [2.75, 3.05) is 0 Å². The third kappa shape index (κ3) is 3.57. The molecule has 5 nitrogen and oxygen atoms in total. The van der Waals surface area contributed by atoms with E-state index in [0.717, 1.165) is 5.56 Å². The van der Waals surface area contributed by atoms with Crippen LogP contribution in [0.15, 0.2) is 83.5 Å². The Morgan fingerprint density at radius 3 is 2.54 bits per heavy atom. The van der Waals surface area contributed by atoms with Crippen LogP contribution in [-0.2, 0) is 0 Å². The molecular formula is C22H18ClN3O2. The molecule has 4 rings (SSSR count). The number of halogens is 1. The number of carbonyl (C=O) groups excluding carboxylic acids is 1. The van der Waals surface area contributed by atoms with Gasteiger partial charge in [0.05, 0.1) is 23.0 Å². The summed E-state index contributed by atoms with van der Waals surface area (Å²) in [5.41, 5.74) is 2.58. The quantitative estimate of drug-likeness (QED) is 0.503. The average molecular weight is 392 g/mol. The predicted molar refractivity (Wildman–Crippen MR) is 109 cm³/mol. The number of nitrogens with one attached hydrogen (secondary N) is 1. The molecule has 0 spiro atoms. The molecule has 28 heavy (non-hydrogen) atoms. The van der Waals surface area contributed by atoms with Gasteiger partial charge in [0.1, 0.15) is 11.4 Å². The number of nitrogens with zero attached hydrogens (tertiary/aromatic N) is 2. The molecule has 0 aliphatic rings. The van der Waals surface area contributed by atoms with E-state index in [0.29, 0.717) is 27.9 Å². The fourth-order valence-corrected chi connectivity index (χ4v) is 3.21. The zero-order chi connectivity index (χ0) is 19.5. The van der Waals surface area contributed by atoms with Crippen LogP contribution >= 0.6 is 11.6 Å². The van der Waals surface area contributed by atoms with E-state index >= 15 is 0 Å². The van der Waals surface area contributed by atoms with Crippen LogP contribution in [0.25, 0.3) is 17.1 Å². The molecular weight excluding hydrogens is 374 g/mol. The molecule has 0 fully saturated rings. The molecule has 0 aliphatic heterocycles. The number of carbonyl (C=O) groups is 1. The number of benzene rings is 2. The number of rotatable bonds is 5. The summed E-state index contributed by atoms with van der Waals surface area (Å²) in [6.07, 6.45) is 1.57. The topological polar surface area (TPSA) is 60.1 Å². The van der Waals surface area contributed by atoms with Gasteiger partial charge < -0.3 is 9.73 Å². The number of para-hydroxylation sites is 1. The summed E-state index contributed by atoms with van der Waals surface area (Å²) in [6.45, 7) is 1.94. The second-order valence-corrected chi connectivity index (χ2v) is 6.77. The van der Waals surface area contributed by atoms with Gasteiger partial charge in [-0.3, -0.25) is 4.79 Å². The van der Waals surface area contributed by atoms with Crippen LogP contribution in [0.3, 0.4) is 0 Å². The van der Waals surface area contributed by atoms with Crippen LogP contribution in [0.2, 0.25) is 5.02 Å². The van der Waals surface area contributed by atoms with Crippen LogP contribution in [0.4, 0.5) is 0 Å². The highest BCUT2D eigenvalue weighted by Gasteiger charge is 2.21. The Morgan fingerprint density at radius 1 is 1.07 bits per heavy atom. The molecule has 1 unspecified atom stereocenters. The Bertz CT molecular complexity index is 1090. The van der Waals surface area contributed by atoms with Crippen molar-refractivity contribution in [3.05, 3.63) is 95.3 Å². The lowest BCUT2D eigenvalue weighted by Gasteiger charge is -2.15. The molecule has 1 amide bonds. The fourth-order valence-electron chi connectivity index (χ4n) is 2.99. The summed E-state index contributed by atoms with van der Waals surface area (Å²) in [4.78, 5) is 13.1. The standard InChI is InChI=1S/C22H18ClN3O2/c1-15(16-8-3-2-4-9-16)24-22(27)20-14-18(21-12-7-13-28-21)25-26(20)19-11-6-5-10-17(19)23/h2-15H,1H3,(H,24,27). The van der Waals surface area contributed by atoms with Gasteiger partial charge in [-0.1, -0.05) is 54.1 Å². The zero-order valence-electron chi connectivity index (χ0n) is 15.2. The van der Waals surface area contributed by atoms with Crippen LogP contribution in [0.1, 0.15) is 29.0 Å². The lowest BCUT2D eigenvalue weighted by atomic mass is 10.1. The lowest BCUT2D eigenvalue weighted by molar-refractivity contribution is 0.0932. The van der Waals surface area contributed by atoms with Gasteiger partial charge in [-0.15, -0.1) is 0 Å². The number of aromatic nitrogens is 2. The zero-order valence-corrected chi connectivity index (χ0v) is 15.9. The van der Waals surface area contributed by atoms with Crippen LogP contribution in [0.5, 0.6) is 0 Å². The van der Waals surface area contributed by atoms with Gasteiger partial charge in [0.2, 0.25) is 0 Å². The average Bonchev–Trinajstić information content (AvgIpc) is 3.39. The molecule has 140 valence electrons. The summed E-state index contributed by atoms with van der Waals surface area (Å²) in [7, 11) is 0. The van der Waals surface area contributed by atoms with E-state index in [9.17, 15) is 4.79 Å². The monoisotopic (exact) mass is 391 g/mol. The van der Waals surface area contributed by atoms with Crippen LogP contribution < -0.4 is 5.32 Å². The largest absolute Gasteiger partial charge is 0.463 e. The van der Waals surface area contributed by atoms with E-state index < -0.39 is 0 Å². The summed E-state index contributed by atoms with van der Waals surface area (Å²) < 4.78 is 6.99. The van der Waals surface area contributed by atoms with E-state index in [1.807, 2.05) is 55.5 Å². The molecule has 2 heterocycles. The number of hydrogen-bond donors (Lipinski definition) is 1. The Hall–Kier alpha value is -3.31. The Morgan fingerprint density at radius 2 is 1.82 bits per heavy atom. The van der Waals surface area contributed by atoms with Gasteiger partial charge in [0, 0.05) is 6.07 Å². The first-order chi connectivity index (χ1) is 13.6. The Kier molecular flexibility index (Phi) is 5.00. The molecule has 0 bridgehead atoms. The third-order valence-corrected chi connectivity index (χ3v) is 4.76. The van der Waals surface area contributed by atoms with Crippen molar-refractivity contribution < 1.29 is 9.21 Å². The molecule has 4 aromatic rings. The van der Waals surface area contributed by atoms with Crippen molar-refractivity contribution in [1.29, 1.82) is 0 Å². The molecule has 1 N–H and O–H groups in total. The highest BCUT2D eigenvalue weighted by Crippen LogP contribution is 2.26.